The zero-order valence-electron chi connectivity index (χ0n) is 20.4. The summed E-state index contributed by atoms with van der Waals surface area (Å²) in [7, 11) is 0. The minimum atomic E-state index is -0.582. The first-order valence-electron chi connectivity index (χ1n) is 11.2. The Kier molecular flexibility index (Phi) is 8.41. The lowest BCUT2D eigenvalue weighted by Gasteiger charge is -2.20. The third-order valence-electron chi connectivity index (χ3n) is 5.17. The third kappa shape index (κ3) is 7.70. The van der Waals surface area contributed by atoms with E-state index in [2.05, 4.69) is 15.6 Å². The number of rotatable bonds is 6. The second kappa shape index (κ2) is 11.1. The summed E-state index contributed by atoms with van der Waals surface area (Å²) < 4.78 is 5.27. The number of pyridine rings is 1. The van der Waals surface area contributed by atoms with Crippen LogP contribution in [0.5, 0.6) is 0 Å². The van der Waals surface area contributed by atoms with Gasteiger partial charge in [0.25, 0.3) is 5.91 Å². The number of alkyl carbamates (subject to hydrolysis) is 1. The molecule has 3 rings (SSSR count). The molecule has 1 heterocycles. The molecule has 0 aliphatic carbocycles. The molecule has 2 N–H and O–H groups in total. The maximum atomic E-state index is 13.1. The number of hydrogen-bond acceptors (Lipinski definition) is 4. The van der Waals surface area contributed by atoms with Crippen LogP contribution < -0.4 is 10.6 Å². The van der Waals surface area contributed by atoms with E-state index >= 15 is 0 Å². The number of ether oxygens (including phenoxy) is 1. The van der Waals surface area contributed by atoms with Crippen molar-refractivity contribution < 1.29 is 14.3 Å². The molecule has 1 unspecified atom stereocenters. The Morgan fingerprint density at radius 2 is 1.80 bits per heavy atom. The Labute approximate surface area is 216 Å². The van der Waals surface area contributed by atoms with Crippen molar-refractivity contribution >= 4 is 35.2 Å². The molecule has 0 aliphatic heterocycles. The summed E-state index contributed by atoms with van der Waals surface area (Å²) in [6, 6.07) is 16.1. The fourth-order valence-corrected chi connectivity index (χ4v) is 3.84. The molecule has 0 spiro atoms. The maximum Gasteiger partial charge on any atom is 0.407 e. The molecule has 0 aliphatic rings. The summed E-state index contributed by atoms with van der Waals surface area (Å²) in [4.78, 5) is 29.5. The number of amides is 2. The van der Waals surface area contributed by atoms with E-state index in [1.54, 1.807) is 39.0 Å². The Morgan fingerprint density at radius 3 is 2.49 bits per heavy atom. The van der Waals surface area contributed by atoms with Crippen LogP contribution in [0.25, 0.3) is 11.3 Å². The lowest BCUT2D eigenvalue weighted by atomic mass is 10.0. The zero-order valence-corrected chi connectivity index (χ0v) is 21.9. The second-order valence-electron chi connectivity index (χ2n) is 9.32. The molecule has 2 amide bonds. The standard InChI is InChI=1S/C27H29Cl2N3O3/c1-16-9-10-18(15-30-26(34)35-27(3,4)5)11-22(16)25(33)31-17(2)20-13-23(32-24(29)14-20)19-7-6-8-21(28)12-19/h6-14,17H,15H2,1-5H3,(H,30,34)(H,31,33). The number of hydrogen-bond donors (Lipinski definition) is 2. The molecular weight excluding hydrogens is 485 g/mol. The Balaban J connectivity index is 1.74. The van der Waals surface area contributed by atoms with Gasteiger partial charge in [-0.15, -0.1) is 0 Å². The number of halogens is 2. The van der Waals surface area contributed by atoms with Crippen molar-refractivity contribution in [3.63, 3.8) is 0 Å². The molecule has 8 heteroatoms. The second-order valence-corrected chi connectivity index (χ2v) is 10.1. The first kappa shape index (κ1) is 26.5. The van der Waals surface area contributed by atoms with Gasteiger partial charge in [-0.1, -0.05) is 47.5 Å². The van der Waals surface area contributed by atoms with Gasteiger partial charge in [0, 0.05) is 22.7 Å². The summed E-state index contributed by atoms with van der Waals surface area (Å²) in [6.07, 6.45) is -0.511. The molecule has 0 radical (unpaired) electrons. The monoisotopic (exact) mass is 513 g/mol. The van der Waals surface area contributed by atoms with Crippen molar-refractivity contribution in [2.45, 2.75) is 52.8 Å². The van der Waals surface area contributed by atoms with Gasteiger partial charge in [-0.3, -0.25) is 4.79 Å². The zero-order chi connectivity index (χ0) is 25.8. The van der Waals surface area contributed by atoms with E-state index in [-0.39, 0.29) is 18.5 Å². The minimum Gasteiger partial charge on any atom is -0.444 e. The van der Waals surface area contributed by atoms with E-state index in [1.807, 2.05) is 50.2 Å². The SMILES string of the molecule is Cc1ccc(CNC(=O)OC(C)(C)C)cc1C(=O)NC(C)c1cc(Cl)nc(-c2cccc(Cl)c2)c1. The van der Waals surface area contributed by atoms with Crippen molar-refractivity contribution in [1.82, 2.24) is 15.6 Å². The van der Waals surface area contributed by atoms with Crippen molar-refractivity contribution in [2.24, 2.45) is 0 Å². The van der Waals surface area contributed by atoms with Crippen LogP contribution in [0.4, 0.5) is 4.79 Å². The average Bonchev–Trinajstić information content (AvgIpc) is 2.77. The summed E-state index contributed by atoms with van der Waals surface area (Å²) in [5.74, 6) is -0.230. The number of carbonyl (C=O) groups excluding carboxylic acids is 2. The van der Waals surface area contributed by atoms with Gasteiger partial charge in [-0.25, -0.2) is 9.78 Å². The van der Waals surface area contributed by atoms with Gasteiger partial charge >= 0.3 is 6.09 Å². The number of aromatic nitrogens is 1. The molecule has 35 heavy (non-hydrogen) atoms. The highest BCUT2D eigenvalue weighted by Crippen LogP contribution is 2.27. The fraction of sp³-hybridized carbons (Fsp3) is 0.296. The lowest BCUT2D eigenvalue weighted by Crippen LogP contribution is -2.32. The van der Waals surface area contributed by atoms with Crippen LogP contribution in [-0.2, 0) is 11.3 Å². The van der Waals surface area contributed by atoms with Crippen molar-refractivity contribution in [3.05, 3.63) is 87.0 Å². The maximum absolute atomic E-state index is 13.1. The van der Waals surface area contributed by atoms with E-state index in [1.165, 1.54) is 0 Å². The van der Waals surface area contributed by atoms with Crippen LogP contribution in [-0.4, -0.2) is 22.6 Å². The lowest BCUT2D eigenvalue weighted by molar-refractivity contribution is 0.0523. The quantitative estimate of drug-likeness (QED) is 0.352. The van der Waals surface area contributed by atoms with Crippen LogP contribution in [0.15, 0.2) is 54.6 Å². The Bertz CT molecular complexity index is 1240. The van der Waals surface area contributed by atoms with Crippen LogP contribution in [0.2, 0.25) is 10.2 Å². The molecular formula is C27H29Cl2N3O3. The third-order valence-corrected chi connectivity index (χ3v) is 5.60. The minimum absolute atomic E-state index is 0.230. The average molecular weight is 514 g/mol. The first-order chi connectivity index (χ1) is 16.4. The van der Waals surface area contributed by atoms with E-state index in [0.29, 0.717) is 21.4 Å². The molecule has 184 valence electrons. The number of aryl methyl sites for hydroxylation is 1. The van der Waals surface area contributed by atoms with Crippen molar-refractivity contribution in [3.8, 4) is 11.3 Å². The molecule has 0 saturated carbocycles. The number of benzene rings is 2. The number of nitrogens with zero attached hydrogens (tertiary/aromatic N) is 1. The molecule has 6 nitrogen and oxygen atoms in total. The van der Waals surface area contributed by atoms with Gasteiger partial charge in [0.2, 0.25) is 0 Å². The van der Waals surface area contributed by atoms with Gasteiger partial charge < -0.3 is 15.4 Å². The van der Waals surface area contributed by atoms with E-state index < -0.39 is 11.7 Å². The highest BCUT2D eigenvalue weighted by Gasteiger charge is 2.18. The number of carbonyl (C=O) groups is 2. The van der Waals surface area contributed by atoms with Crippen LogP contribution in [0.1, 0.15) is 60.8 Å². The summed E-state index contributed by atoms with van der Waals surface area (Å²) in [5.41, 5.74) is 3.87. The van der Waals surface area contributed by atoms with Gasteiger partial charge in [0.05, 0.1) is 11.7 Å². The summed E-state index contributed by atoms with van der Waals surface area (Å²) in [6.45, 7) is 9.40. The molecule has 0 saturated heterocycles. The first-order valence-corrected chi connectivity index (χ1v) is 12.0. The Hall–Kier alpha value is -3.09. The number of nitrogens with one attached hydrogen (secondary N) is 2. The fourth-order valence-electron chi connectivity index (χ4n) is 3.43. The molecule has 0 bridgehead atoms. The van der Waals surface area contributed by atoms with E-state index in [4.69, 9.17) is 27.9 Å². The predicted molar refractivity (Wildman–Crippen MR) is 140 cm³/mol. The largest absolute Gasteiger partial charge is 0.444 e. The molecule has 1 atom stereocenters. The molecule has 2 aromatic carbocycles. The van der Waals surface area contributed by atoms with Crippen molar-refractivity contribution in [1.29, 1.82) is 0 Å². The normalized spacial score (nSPS) is 12.1. The smallest absolute Gasteiger partial charge is 0.407 e. The highest BCUT2D eigenvalue weighted by molar-refractivity contribution is 6.31. The van der Waals surface area contributed by atoms with Gasteiger partial charge in [-0.2, -0.15) is 0 Å². The topological polar surface area (TPSA) is 80.3 Å². The summed E-state index contributed by atoms with van der Waals surface area (Å²) in [5, 5.41) is 6.67. The van der Waals surface area contributed by atoms with Gasteiger partial charge in [0.1, 0.15) is 10.8 Å². The molecule has 1 aromatic heterocycles. The van der Waals surface area contributed by atoms with Crippen molar-refractivity contribution in [2.75, 3.05) is 0 Å². The van der Waals surface area contributed by atoms with Gasteiger partial charge in [-0.05, 0) is 81.6 Å². The molecule has 3 aromatic rings. The van der Waals surface area contributed by atoms with Crippen LogP contribution in [0, 0.1) is 6.92 Å². The predicted octanol–water partition coefficient (Wildman–Crippen LogP) is 6.88. The van der Waals surface area contributed by atoms with E-state index in [9.17, 15) is 9.59 Å². The summed E-state index contributed by atoms with van der Waals surface area (Å²) >= 11 is 12.4. The molecule has 0 fully saturated rings. The van der Waals surface area contributed by atoms with Crippen LogP contribution in [0.3, 0.4) is 0 Å². The highest BCUT2D eigenvalue weighted by atomic mass is 35.5. The van der Waals surface area contributed by atoms with Gasteiger partial charge in [0.15, 0.2) is 0 Å². The van der Waals surface area contributed by atoms with E-state index in [0.717, 1.165) is 22.3 Å². The van der Waals surface area contributed by atoms with Crippen LogP contribution >= 0.6 is 23.2 Å². The Morgan fingerprint density at radius 1 is 1.06 bits per heavy atom.